The van der Waals surface area contributed by atoms with Gasteiger partial charge in [-0.15, -0.1) is 0 Å². The van der Waals surface area contributed by atoms with Gasteiger partial charge in [-0.3, -0.25) is 4.90 Å². The number of hydrogen-bond acceptors (Lipinski definition) is 5. The smallest absolute Gasteiger partial charge is 0.407 e. The van der Waals surface area contributed by atoms with Crippen molar-refractivity contribution in [2.75, 3.05) is 46.0 Å². The first-order chi connectivity index (χ1) is 10.4. The van der Waals surface area contributed by atoms with E-state index >= 15 is 0 Å². The van der Waals surface area contributed by atoms with Gasteiger partial charge in [0.25, 0.3) is 0 Å². The van der Waals surface area contributed by atoms with E-state index in [1.165, 1.54) is 0 Å². The van der Waals surface area contributed by atoms with Crippen LogP contribution in [0.3, 0.4) is 0 Å². The molecular formula is C16H30N2O4. The standard InChI is InChI=1S/C16H30N2O4/c1-16(2,3)22-15(19)17-10-14-12-18(6-9-21-14)11-13-4-7-20-8-5-13/h13-14H,4-12H2,1-3H3,(H,17,19). The molecule has 22 heavy (non-hydrogen) atoms. The molecule has 2 heterocycles. The number of amides is 1. The minimum absolute atomic E-state index is 0.0427. The van der Waals surface area contributed by atoms with Crippen LogP contribution >= 0.6 is 0 Å². The SMILES string of the molecule is CC(C)(C)OC(=O)NCC1CN(CC2CCOCC2)CCO1. The summed E-state index contributed by atoms with van der Waals surface area (Å²) in [6, 6.07) is 0. The molecule has 1 amide bonds. The molecule has 2 aliphatic heterocycles. The van der Waals surface area contributed by atoms with Gasteiger partial charge in [0, 0.05) is 39.4 Å². The Kier molecular flexibility index (Phi) is 6.47. The van der Waals surface area contributed by atoms with Crippen LogP contribution in [0.25, 0.3) is 0 Å². The molecule has 128 valence electrons. The van der Waals surface area contributed by atoms with Crippen molar-refractivity contribution in [3.8, 4) is 0 Å². The van der Waals surface area contributed by atoms with Crippen molar-refractivity contribution in [3.05, 3.63) is 0 Å². The minimum Gasteiger partial charge on any atom is -0.444 e. The topological polar surface area (TPSA) is 60.0 Å². The van der Waals surface area contributed by atoms with E-state index in [4.69, 9.17) is 14.2 Å². The fourth-order valence-electron chi connectivity index (χ4n) is 2.88. The van der Waals surface area contributed by atoms with E-state index in [1.807, 2.05) is 20.8 Å². The van der Waals surface area contributed by atoms with Crippen LogP contribution < -0.4 is 5.32 Å². The molecule has 6 heteroatoms. The van der Waals surface area contributed by atoms with Gasteiger partial charge in [0.2, 0.25) is 0 Å². The quantitative estimate of drug-likeness (QED) is 0.855. The Balaban J connectivity index is 1.68. The van der Waals surface area contributed by atoms with Crippen molar-refractivity contribution in [1.82, 2.24) is 10.2 Å². The van der Waals surface area contributed by atoms with Gasteiger partial charge in [-0.2, -0.15) is 0 Å². The fraction of sp³-hybridized carbons (Fsp3) is 0.938. The number of carbonyl (C=O) groups is 1. The van der Waals surface area contributed by atoms with Gasteiger partial charge in [0.15, 0.2) is 0 Å². The second-order valence-electron chi connectivity index (χ2n) is 7.19. The number of morpholine rings is 1. The van der Waals surface area contributed by atoms with Crippen molar-refractivity contribution in [1.29, 1.82) is 0 Å². The predicted octanol–water partition coefficient (Wildman–Crippen LogP) is 1.64. The van der Waals surface area contributed by atoms with E-state index in [9.17, 15) is 4.79 Å². The second kappa shape index (κ2) is 8.13. The van der Waals surface area contributed by atoms with Gasteiger partial charge in [-0.05, 0) is 39.5 Å². The average Bonchev–Trinajstić information content (AvgIpc) is 2.45. The lowest BCUT2D eigenvalue weighted by Gasteiger charge is -2.36. The molecule has 2 fully saturated rings. The Morgan fingerprint density at radius 3 is 2.68 bits per heavy atom. The van der Waals surface area contributed by atoms with E-state index in [0.29, 0.717) is 6.54 Å². The number of nitrogens with zero attached hydrogens (tertiary/aromatic N) is 1. The number of carbonyl (C=O) groups excluding carboxylic acids is 1. The van der Waals surface area contributed by atoms with E-state index in [-0.39, 0.29) is 12.2 Å². The van der Waals surface area contributed by atoms with E-state index in [1.54, 1.807) is 0 Å². The summed E-state index contributed by atoms with van der Waals surface area (Å²) in [6.07, 6.45) is 1.97. The molecule has 1 unspecified atom stereocenters. The Morgan fingerprint density at radius 2 is 2.00 bits per heavy atom. The highest BCUT2D eigenvalue weighted by atomic mass is 16.6. The lowest BCUT2D eigenvalue weighted by molar-refractivity contribution is -0.0392. The molecule has 2 aliphatic rings. The molecule has 6 nitrogen and oxygen atoms in total. The number of alkyl carbamates (subject to hydrolysis) is 1. The molecule has 0 aliphatic carbocycles. The zero-order chi connectivity index (χ0) is 16.0. The summed E-state index contributed by atoms with van der Waals surface area (Å²) in [6.45, 7) is 11.5. The third-order valence-corrected chi connectivity index (χ3v) is 3.95. The molecule has 0 bridgehead atoms. The Labute approximate surface area is 133 Å². The third kappa shape index (κ3) is 6.50. The molecule has 0 spiro atoms. The molecule has 0 aromatic carbocycles. The normalized spacial score (nSPS) is 25.0. The molecular weight excluding hydrogens is 284 g/mol. The molecule has 2 rings (SSSR count). The van der Waals surface area contributed by atoms with Crippen molar-refractivity contribution in [2.24, 2.45) is 5.92 Å². The fourth-order valence-corrected chi connectivity index (χ4v) is 2.88. The summed E-state index contributed by atoms with van der Waals surface area (Å²) in [5.74, 6) is 0.728. The second-order valence-corrected chi connectivity index (χ2v) is 7.19. The molecule has 1 N–H and O–H groups in total. The van der Waals surface area contributed by atoms with Crippen molar-refractivity contribution in [2.45, 2.75) is 45.3 Å². The van der Waals surface area contributed by atoms with Gasteiger partial charge < -0.3 is 19.5 Å². The first-order valence-corrected chi connectivity index (χ1v) is 8.31. The first-order valence-electron chi connectivity index (χ1n) is 8.31. The van der Waals surface area contributed by atoms with Gasteiger partial charge in [-0.1, -0.05) is 0 Å². The summed E-state index contributed by atoms with van der Waals surface area (Å²) in [5, 5.41) is 2.80. The Morgan fingerprint density at radius 1 is 1.27 bits per heavy atom. The highest BCUT2D eigenvalue weighted by molar-refractivity contribution is 5.67. The average molecular weight is 314 g/mol. The number of nitrogens with one attached hydrogen (secondary N) is 1. The summed E-state index contributed by atoms with van der Waals surface area (Å²) in [5.41, 5.74) is -0.466. The molecule has 0 aromatic heterocycles. The van der Waals surface area contributed by atoms with Crippen LogP contribution in [0, 0.1) is 5.92 Å². The highest BCUT2D eigenvalue weighted by Crippen LogP contribution is 2.17. The molecule has 0 saturated carbocycles. The summed E-state index contributed by atoms with van der Waals surface area (Å²) in [7, 11) is 0. The van der Waals surface area contributed by atoms with Crippen LogP contribution in [0.5, 0.6) is 0 Å². The summed E-state index contributed by atoms with van der Waals surface area (Å²) >= 11 is 0. The van der Waals surface area contributed by atoms with E-state index in [0.717, 1.165) is 58.2 Å². The molecule has 0 radical (unpaired) electrons. The maximum Gasteiger partial charge on any atom is 0.407 e. The lowest BCUT2D eigenvalue weighted by atomic mass is 9.99. The van der Waals surface area contributed by atoms with Crippen LogP contribution in [-0.2, 0) is 14.2 Å². The van der Waals surface area contributed by atoms with Crippen molar-refractivity contribution >= 4 is 6.09 Å². The summed E-state index contributed by atoms with van der Waals surface area (Å²) < 4.78 is 16.4. The zero-order valence-corrected chi connectivity index (χ0v) is 14.1. The number of rotatable bonds is 4. The largest absolute Gasteiger partial charge is 0.444 e. The predicted molar refractivity (Wildman–Crippen MR) is 84.0 cm³/mol. The Bertz CT molecular complexity index is 351. The maximum atomic E-state index is 11.7. The molecule has 2 saturated heterocycles. The monoisotopic (exact) mass is 314 g/mol. The van der Waals surface area contributed by atoms with E-state index < -0.39 is 5.60 Å². The van der Waals surface area contributed by atoms with Gasteiger partial charge >= 0.3 is 6.09 Å². The molecule has 1 atom stereocenters. The van der Waals surface area contributed by atoms with Crippen molar-refractivity contribution in [3.63, 3.8) is 0 Å². The van der Waals surface area contributed by atoms with Crippen LogP contribution in [-0.4, -0.2) is 68.7 Å². The molecule has 0 aromatic rings. The number of hydrogen-bond donors (Lipinski definition) is 1. The van der Waals surface area contributed by atoms with Crippen LogP contribution in [0.2, 0.25) is 0 Å². The maximum absolute atomic E-state index is 11.7. The van der Waals surface area contributed by atoms with Gasteiger partial charge in [-0.25, -0.2) is 4.79 Å². The Hall–Kier alpha value is -0.850. The minimum atomic E-state index is -0.466. The van der Waals surface area contributed by atoms with Crippen LogP contribution in [0.1, 0.15) is 33.6 Å². The lowest BCUT2D eigenvalue weighted by Crippen LogP contribution is -2.49. The number of ether oxygens (including phenoxy) is 3. The third-order valence-electron chi connectivity index (χ3n) is 3.95. The highest BCUT2D eigenvalue weighted by Gasteiger charge is 2.25. The van der Waals surface area contributed by atoms with Crippen molar-refractivity contribution < 1.29 is 19.0 Å². The van der Waals surface area contributed by atoms with E-state index in [2.05, 4.69) is 10.2 Å². The van der Waals surface area contributed by atoms with Crippen LogP contribution in [0.4, 0.5) is 4.79 Å². The first kappa shape index (κ1) is 17.5. The summed E-state index contributed by atoms with van der Waals surface area (Å²) in [4.78, 5) is 14.1. The zero-order valence-electron chi connectivity index (χ0n) is 14.1. The van der Waals surface area contributed by atoms with Crippen LogP contribution in [0.15, 0.2) is 0 Å². The van der Waals surface area contributed by atoms with Gasteiger partial charge in [0.1, 0.15) is 5.60 Å². The van der Waals surface area contributed by atoms with Gasteiger partial charge in [0.05, 0.1) is 12.7 Å².